The number of allylic oxidation sites excluding steroid dienone is 4. The van der Waals surface area contributed by atoms with E-state index >= 15 is 0 Å². The SMILES string of the molecule is C/C=C\C1=C(/C=C(\C)Nc2ncccc2C(=O)O)OC(F)(F)O1. The first-order valence-corrected chi connectivity index (χ1v) is 6.59. The lowest BCUT2D eigenvalue weighted by atomic mass is 10.2. The minimum atomic E-state index is -3.74. The summed E-state index contributed by atoms with van der Waals surface area (Å²) in [5, 5.41) is 11.8. The highest BCUT2D eigenvalue weighted by molar-refractivity contribution is 5.93. The second kappa shape index (κ2) is 6.47. The van der Waals surface area contributed by atoms with Crippen molar-refractivity contribution in [3.8, 4) is 0 Å². The van der Waals surface area contributed by atoms with Gasteiger partial charge in [0, 0.05) is 18.0 Å². The van der Waals surface area contributed by atoms with Crippen LogP contribution >= 0.6 is 0 Å². The maximum Gasteiger partial charge on any atom is 0.586 e. The number of alkyl halides is 2. The van der Waals surface area contributed by atoms with Gasteiger partial charge in [-0.2, -0.15) is 0 Å². The van der Waals surface area contributed by atoms with Crippen LogP contribution in [0.4, 0.5) is 14.6 Å². The fraction of sp³-hybridized carbons (Fsp3) is 0.200. The molecule has 1 aliphatic heterocycles. The Morgan fingerprint density at radius 1 is 1.39 bits per heavy atom. The van der Waals surface area contributed by atoms with E-state index in [0.717, 1.165) is 0 Å². The summed E-state index contributed by atoms with van der Waals surface area (Å²) in [5.74, 6) is -1.37. The average Bonchev–Trinajstić information content (AvgIpc) is 2.73. The lowest BCUT2D eigenvalue weighted by Crippen LogP contribution is -2.16. The number of nitrogens with zero attached hydrogens (tertiary/aromatic N) is 1. The van der Waals surface area contributed by atoms with Crippen molar-refractivity contribution in [3.05, 3.63) is 59.3 Å². The highest BCUT2D eigenvalue weighted by atomic mass is 19.3. The van der Waals surface area contributed by atoms with Crippen LogP contribution in [0, 0.1) is 0 Å². The lowest BCUT2D eigenvalue weighted by Gasteiger charge is -2.09. The van der Waals surface area contributed by atoms with Crippen molar-refractivity contribution in [1.82, 2.24) is 4.98 Å². The van der Waals surface area contributed by atoms with Crippen molar-refractivity contribution in [2.75, 3.05) is 5.32 Å². The Balaban J connectivity index is 2.26. The quantitative estimate of drug-likeness (QED) is 0.863. The number of carbonyl (C=O) groups is 1. The van der Waals surface area contributed by atoms with E-state index in [1.807, 2.05) is 0 Å². The van der Waals surface area contributed by atoms with Crippen LogP contribution in [-0.2, 0) is 9.47 Å². The molecular weight excluding hydrogens is 310 g/mol. The largest absolute Gasteiger partial charge is 0.586 e. The van der Waals surface area contributed by atoms with E-state index in [0.29, 0.717) is 5.70 Å². The van der Waals surface area contributed by atoms with E-state index < -0.39 is 12.3 Å². The van der Waals surface area contributed by atoms with Gasteiger partial charge in [-0.3, -0.25) is 0 Å². The number of rotatable bonds is 5. The fourth-order valence-electron chi connectivity index (χ4n) is 1.84. The van der Waals surface area contributed by atoms with Crippen LogP contribution in [0.3, 0.4) is 0 Å². The van der Waals surface area contributed by atoms with Crippen LogP contribution in [0.1, 0.15) is 24.2 Å². The van der Waals surface area contributed by atoms with Gasteiger partial charge in [-0.15, -0.1) is 8.78 Å². The van der Waals surface area contributed by atoms with Crippen molar-refractivity contribution >= 4 is 11.8 Å². The monoisotopic (exact) mass is 324 g/mol. The smallest absolute Gasteiger partial charge is 0.478 e. The molecule has 2 N–H and O–H groups in total. The Kier molecular flexibility index (Phi) is 4.63. The summed E-state index contributed by atoms with van der Waals surface area (Å²) in [4.78, 5) is 15.0. The summed E-state index contributed by atoms with van der Waals surface area (Å²) in [6.45, 7) is 3.20. The third kappa shape index (κ3) is 4.06. The number of pyridine rings is 1. The number of nitrogens with one attached hydrogen (secondary N) is 1. The Morgan fingerprint density at radius 3 is 2.74 bits per heavy atom. The van der Waals surface area contributed by atoms with Crippen LogP contribution in [0.5, 0.6) is 0 Å². The van der Waals surface area contributed by atoms with E-state index in [2.05, 4.69) is 19.8 Å². The molecule has 0 spiro atoms. The molecule has 122 valence electrons. The molecule has 0 unspecified atom stereocenters. The molecular formula is C15H14F2N2O4. The third-order valence-corrected chi connectivity index (χ3v) is 2.72. The van der Waals surface area contributed by atoms with Gasteiger partial charge in [-0.1, -0.05) is 6.08 Å². The molecule has 0 saturated heterocycles. The number of ether oxygens (including phenoxy) is 2. The molecule has 0 aromatic carbocycles. The van der Waals surface area contributed by atoms with Crippen molar-refractivity contribution in [1.29, 1.82) is 0 Å². The zero-order chi connectivity index (χ0) is 17.0. The first-order valence-electron chi connectivity index (χ1n) is 6.59. The van der Waals surface area contributed by atoms with E-state index in [1.54, 1.807) is 13.8 Å². The Morgan fingerprint density at radius 2 is 2.09 bits per heavy atom. The Labute approximate surface area is 130 Å². The van der Waals surface area contributed by atoms with Gasteiger partial charge in [0.2, 0.25) is 0 Å². The van der Waals surface area contributed by atoms with Gasteiger partial charge >= 0.3 is 12.3 Å². The molecule has 6 nitrogen and oxygen atoms in total. The molecule has 0 aliphatic carbocycles. The van der Waals surface area contributed by atoms with E-state index in [9.17, 15) is 13.6 Å². The average molecular weight is 324 g/mol. The molecule has 0 bridgehead atoms. The Bertz CT molecular complexity index is 711. The zero-order valence-electron chi connectivity index (χ0n) is 12.3. The van der Waals surface area contributed by atoms with Crippen molar-refractivity contribution in [2.24, 2.45) is 0 Å². The molecule has 2 heterocycles. The molecule has 23 heavy (non-hydrogen) atoms. The molecule has 0 fully saturated rings. The second-order valence-corrected chi connectivity index (χ2v) is 4.55. The molecule has 0 saturated carbocycles. The van der Waals surface area contributed by atoms with Crippen LogP contribution in [-0.4, -0.2) is 22.4 Å². The van der Waals surface area contributed by atoms with Crippen molar-refractivity contribution in [3.63, 3.8) is 0 Å². The van der Waals surface area contributed by atoms with Crippen molar-refractivity contribution < 1.29 is 28.2 Å². The number of carboxylic acids is 1. The maximum absolute atomic E-state index is 13.2. The molecule has 8 heteroatoms. The molecule has 1 aromatic heterocycles. The molecule has 0 atom stereocenters. The van der Waals surface area contributed by atoms with Gasteiger partial charge in [-0.05, 0) is 32.1 Å². The summed E-state index contributed by atoms with van der Waals surface area (Å²) >= 11 is 0. The minimum absolute atomic E-state index is 0.0446. The molecule has 1 aromatic rings. The van der Waals surface area contributed by atoms with E-state index in [4.69, 9.17) is 5.11 Å². The van der Waals surface area contributed by atoms with Gasteiger partial charge < -0.3 is 19.9 Å². The zero-order valence-corrected chi connectivity index (χ0v) is 12.3. The number of hydrogen-bond donors (Lipinski definition) is 2. The molecule has 0 amide bonds. The van der Waals surface area contributed by atoms with Crippen LogP contribution in [0.2, 0.25) is 0 Å². The van der Waals surface area contributed by atoms with Crippen LogP contribution in [0.25, 0.3) is 0 Å². The number of aromatic nitrogens is 1. The van der Waals surface area contributed by atoms with Gasteiger partial charge in [0.05, 0.1) is 0 Å². The van der Waals surface area contributed by atoms with Gasteiger partial charge in [0.15, 0.2) is 11.5 Å². The summed E-state index contributed by atoms with van der Waals surface area (Å²) in [5.41, 5.74) is 0.307. The van der Waals surface area contributed by atoms with Crippen LogP contribution in [0.15, 0.2) is 53.8 Å². The van der Waals surface area contributed by atoms with Gasteiger partial charge in [0.25, 0.3) is 0 Å². The predicted octanol–water partition coefficient (Wildman–Crippen LogP) is 3.48. The third-order valence-electron chi connectivity index (χ3n) is 2.72. The van der Waals surface area contributed by atoms with Gasteiger partial charge in [0.1, 0.15) is 11.4 Å². The molecule has 0 radical (unpaired) electrons. The Hall–Kier alpha value is -2.90. The summed E-state index contributed by atoms with van der Waals surface area (Å²) in [6.07, 6.45) is 1.81. The van der Waals surface area contributed by atoms with Gasteiger partial charge in [-0.25, -0.2) is 9.78 Å². The summed E-state index contributed by atoms with van der Waals surface area (Å²) < 4.78 is 35.1. The maximum atomic E-state index is 13.2. The number of hydrogen-bond acceptors (Lipinski definition) is 5. The summed E-state index contributed by atoms with van der Waals surface area (Å²) in [6, 6.07) is 2.85. The summed E-state index contributed by atoms with van der Waals surface area (Å²) in [7, 11) is 0. The standard InChI is InChI=1S/C15H14F2N2O4/c1-3-5-11-12(23-15(16,17)22-11)8-9(2)19-13-10(14(20)21)6-4-7-18-13/h3-8H,1-2H3,(H,18,19)(H,20,21)/b5-3-,9-8+. The fourth-order valence-corrected chi connectivity index (χ4v) is 1.84. The number of anilines is 1. The first kappa shape index (κ1) is 16.5. The first-order chi connectivity index (χ1) is 10.8. The molecule has 1 aliphatic rings. The molecule has 2 rings (SSSR count). The van der Waals surface area contributed by atoms with E-state index in [-0.39, 0.29) is 22.9 Å². The highest BCUT2D eigenvalue weighted by Gasteiger charge is 2.43. The second-order valence-electron chi connectivity index (χ2n) is 4.55. The van der Waals surface area contributed by atoms with Crippen LogP contribution < -0.4 is 5.32 Å². The topological polar surface area (TPSA) is 80.7 Å². The van der Waals surface area contributed by atoms with Crippen molar-refractivity contribution in [2.45, 2.75) is 20.1 Å². The normalized spacial score (nSPS) is 17.1. The number of halogens is 2. The number of carboxylic acid groups (broad SMARTS) is 1. The lowest BCUT2D eigenvalue weighted by molar-refractivity contribution is -0.335. The minimum Gasteiger partial charge on any atom is -0.478 e. The number of aromatic carboxylic acids is 1. The predicted molar refractivity (Wildman–Crippen MR) is 77.5 cm³/mol. The highest BCUT2D eigenvalue weighted by Crippen LogP contribution is 2.35. The van der Waals surface area contributed by atoms with E-state index in [1.165, 1.54) is 36.6 Å².